The third kappa shape index (κ3) is 2.72. The Bertz CT molecular complexity index is 555. The number of anilines is 1. The Morgan fingerprint density at radius 1 is 1.26 bits per heavy atom. The summed E-state index contributed by atoms with van der Waals surface area (Å²) in [7, 11) is 1.70. The van der Waals surface area contributed by atoms with Gasteiger partial charge in [0.1, 0.15) is 5.75 Å². The van der Waals surface area contributed by atoms with E-state index in [1.54, 1.807) is 7.11 Å². The third-order valence-electron chi connectivity index (χ3n) is 3.34. The van der Waals surface area contributed by atoms with Crippen LogP contribution in [0.15, 0.2) is 18.2 Å². The van der Waals surface area contributed by atoms with E-state index < -0.39 is 0 Å². The lowest BCUT2D eigenvalue weighted by Gasteiger charge is -2.19. The first-order chi connectivity index (χ1) is 9.02. The molecule has 1 atom stereocenters. The highest BCUT2D eigenvalue weighted by Crippen LogP contribution is 2.30. The zero-order chi connectivity index (χ0) is 14.0. The minimum absolute atomic E-state index is 0.157. The minimum atomic E-state index is 0.157. The Labute approximate surface area is 114 Å². The monoisotopic (exact) mass is 259 g/mol. The number of H-pyrrole nitrogens is 1. The van der Waals surface area contributed by atoms with Crippen LogP contribution < -0.4 is 10.1 Å². The minimum Gasteiger partial charge on any atom is -0.496 e. The second-order valence-electron chi connectivity index (χ2n) is 4.92. The number of rotatable bonds is 4. The Morgan fingerprint density at radius 2 is 2.00 bits per heavy atom. The van der Waals surface area contributed by atoms with Crippen molar-refractivity contribution < 1.29 is 4.74 Å². The molecule has 0 aliphatic rings. The fourth-order valence-electron chi connectivity index (χ4n) is 2.25. The van der Waals surface area contributed by atoms with Crippen LogP contribution in [-0.4, -0.2) is 17.3 Å². The molecule has 0 bridgehead atoms. The number of methoxy groups -OCH3 is 1. The van der Waals surface area contributed by atoms with Crippen LogP contribution in [0.2, 0.25) is 0 Å². The van der Waals surface area contributed by atoms with Gasteiger partial charge in [-0.3, -0.25) is 5.10 Å². The highest BCUT2D eigenvalue weighted by Gasteiger charge is 2.14. The summed E-state index contributed by atoms with van der Waals surface area (Å²) in [6.07, 6.45) is 0. The maximum atomic E-state index is 5.44. The van der Waals surface area contributed by atoms with Gasteiger partial charge < -0.3 is 10.1 Å². The standard InChI is InChI=1S/C15H21N3O/c1-9-6-7-14(19-5)13(8-9)10(2)16-15-11(3)17-18-12(15)4/h6-8,10,16H,1-5H3,(H,17,18). The van der Waals surface area contributed by atoms with Gasteiger partial charge in [-0.1, -0.05) is 17.7 Å². The largest absolute Gasteiger partial charge is 0.496 e. The maximum absolute atomic E-state index is 5.44. The molecule has 0 saturated carbocycles. The lowest BCUT2D eigenvalue weighted by Crippen LogP contribution is -2.09. The molecule has 2 rings (SSSR count). The van der Waals surface area contributed by atoms with Crippen LogP contribution in [0.3, 0.4) is 0 Å². The molecule has 0 aliphatic carbocycles. The van der Waals surface area contributed by atoms with Gasteiger partial charge in [0.2, 0.25) is 0 Å². The average Bonchev–Trinajstić information content (AvgIpc) is 2.70. The third-order valence-corrected chi connectivity index (χ3v) is 3.34. The quantitative estimate of drug-likeness (QED) is 0.883. The average molecular weight is 259 g/mol. The van der Waals surface area contributed by atoms with Gasteiger partial charge in [0.15, 0.2) is 0 Å². The van der Waals surface area contributed by atoms with Crippen LogP contribution in [0.25, 0.3) is 0 Å². The Morgan fingerprint density at radius 3 is 2.58 bits per heavy atom. The predicted octanol–water partition coefficient (Wildman–Crippen LogP) is 3.52. The van der Waals surface area contributed by atoms with E-state index in [9.17, 15) is 0 Å². The Hall–Kier alpha value is -1.97. The first-order valence-electron chi connectivity index (χ1n) is 6.45. The number of nitrogens with zero attached hydrogens (tertiary/aromatic N) is 1. The van der Waals surface area contributed by atoms with Gasteiger partial charge in [0.05, 0.1) is 30.2 Å². The fourth-order valence-corrected chi connectivity index (χ4v) is 2.25. The summed E-state index contributed by atoms with van der Waals surface area (Å²) < 4.78 is 5.44. The van der Waals surface area contributed by atoms with Gasteiger partial charge in [-0.25, -0.2) is 0 Å². The van der Waals surface area contributed by atoms with Crippen molar-refractivity contribution in [3.63, 3.8) is 0 Å². The SMILES string of the molecule is COc1ccc(C)cc1C(C)Nc1c(C)n[nH]c1C. The van der Waals surface area contributed by atoms with Crippen LogP contribution >= 0.6 is 0 Å². The molecular weight excluding hydrogens is 238 g/mol. The molecule has 2 aromatic rings. The lowest BCUT2D eigenvalue weighted by atomic mass is 10.0. The number of aromatic nitrogens is 2. The van der Waals surface area contributed by atoms with Gasteiger partial charge in [0, 0.05) is 5.56 Å². The number of nitrogens with one attached hydrogen (secondary N) is 2. The predicted molar refractivity (Wildman–Crippen MR) is 77.8 cm³/mol. The van der Waals surface area contributed by atoms with E-state index in [-0.39, 0.29) is 6.04 Å². The van der Waals surface area contributed by atoms with Crippen LogP contribution in [0.5, 0.6) is 5.75 Å². The smallest absolute Gasteiger partial charge is 0.124 e. The van der Waals surface area contributed by atoms with Crippen LogP contribution in [0.4, 0.5) is 5.69 Å². The summed E-state index contributed by atoms with van der Waals surface area (Å²) in [4.78, 5) is 0. The highest BCUT2D eigenvalue weighted by molar-refractivity contribution is 5.54. The molecule has 0 spiro atoms. The van der Waals surface area contributed by atoms with E-state index in [1.807, 2.05) is 19.9 Å². The molecular formula is C15H21N3O. The van der Waals surface area contributed by atoms with E-state index in [4.69, 9.17) is 4.74 Å². The van der Waals surface area contributed by atoms with Crippen molar-refractivity contribution in [2.45, 2.75) is 33.7 Å². The molecule has 1 unspecified atom stereocenters. The lowest BCUT2D eigenvalue weighted by molar-refractivity contribution is 0.408. The number of benzene rings is 1. The second kappa shape index (κ2) is 5.34. The van der Waals surface area contributed by atoms with E-state index in [1.165, 1.54) is 5.56 Å². The first-order valence-corrected chi connectivity index (χ1v) is 6.45. The second-order valence-corrected chi connectivity index (χ2v) is 4.92. The zero-order valence-corrected chi connectivity index (χ0v) is 12.2. The van der Waals surface area contributed by atoms with E-state index in [2.05, 4.69) is 41.5 Å². The molecule has 4 nitrogen and oxygen atoms in total. The molecule has 4 heteroatoms. The number of hydrogen-bond acceptors (Lipinski definition) is 3. The van der Waals surface area contributed by atoms with Gasteiger partial charge in [-0.05, 0) is 33.8 Å². The van der Waals surface area contributed by atoms with Crippen LogP contribution in [-0.2, 0) is 0 Å². The normalized spacial score (nSPS) is 12.3. The fraction of sp³-hybridized carbons (Fsp3) is 0.400. The van der Waals surface area contributed by atoms with Crippen molar-refractivity contribution in [3.05, 3.63) is 40.7 Å². The summed E-state index contributed by atoms with van der Waals surface area (Å²) in [6.45, 7) is 8.22. The molecule has 0 amide bonds. The molecule has 2 N–H and O–H groups in total. The summed E-state index contributed by atoms with van der Waals surface area (Å²) in [5, 5.41) is 10.7. The summed E-state index contributed by atoms with van der Waals surface area (Å²) in [6, 6.07) is 6.38. The molecule has 0 fully saturated rings. The van der Waals surface area contributed by atoms with Crippen LogP contribution in [0, 0.1) is 20.8 Å². The van der Waals surface area contributed by atoms with E-state index in [0.29, 0.717) is 0 Å². The van der Waals surface area contributed by atoms with Crippen molar-refractivity contribution in [2.75, 3.05) is 12.4 Å². The van der Waals surface area contributed by atoms with Gasteiger partial charge in [-0.2, -0.15) is 5.10 Å². The van der Waals surface area contributed by atoms with Gasteiger partial charge in [0.25, 0.3) is 0 Å². The Balaban J connectivity index is 2.29. The summed E-state index contributed by atoms with van der Waals surface area (Å²) >= 11 is 0. The molecule has 1 aromatic heterocycles. The maximum Gasteiger partial charge on any atom is 0.124 e. The number of aryl methyl sites for hydroxylation is 3. The van der Waals surface area contributed by atoms with E-state index >= 15 is 0 Å². The molecule has 19 heavy (non-hydrogen) atoms. The number of hydrogen-bond donors (Lipinski definition) is 2. The van der Waals surface area contributed by atoms with E-state index in [0.717, 1.165) is 28.4 Å². The number of ether oxygens (including phenoxy) is 1. The topological polar surface area (TPSA) is 49.9 Å². The zero-order valence-electron chi connectivity index (χ0n) is 12.2. The van der Waals surface area contributed by atoms with Crippen molar-refractivity contribution in [3.8, 4) is 5.75 Å². The van der Waals surface area contributed by atoms with Crippen molar-refractivity contribution in [1.29, 1.82) is 0 Å². The van der Waals surface area contributed by atoms with Crippen molar-refractivity contribution in [1.82, 2.24) is 10.2 Å². The molecule has 0 aliphatic heterocycles. The molecule has 0 radical (unpaired) electrons. The van der Waals surface area contributed by atoms with Crippen LogP contribution in [0.1, 0.15) is 35.5 Å². The highest BCUT2D eigenvalue weighted by atomic mass is 16.5. The molecule has 1 heterocycles. The number of aromatic amines is 1. The van der Waals surface area contributed by atoms with Crippen molar-refractivity contribution in [2.24, 2.45) is 0 Å². The van der Waals surface area contributed by atoms with Gasteiger partial charge in [-0.15, -0.1) is 0 Å². The van der Waals surface area contributed by atoms with Gasteiger partial charge >= 0.3 is 0 Å². The summed E-state index contributed by atoms with van der Waals surface area (Å²) in [5.74, 6) is 0.907. The van der Waals surface area contributed by atoms with Crippen molar-refractivity contribution >= 4 is 5.69 Å². The summed E-state index contributed by atoms with van der Waals surface area (Å²) in [5.41, 5.74) is 5.48. The molecule has 102 valence electrons. The Kier molecular flexibility index (Phi) is 3.79. The first kappa shape index (κ1) is 13.5. The molecule has 1 aromatic carbocycles. The molecule has 0 saturated heterocycles.